The van der Waals surface area contributed by atoms with Crippen molar-refractivity contribution in [3.05, 3.63) is 12.2 Å². The molecule has 0 atom stereocenters. The van der Waals surface area contributed by atoms with E-state index in [0.717, 1.165) is 0 Å². The number of esters is 1. The van der Waals surface area contributed by atoms with Gasteiger partial charge < -0.3 is 4.74 Å². The molecule has 0 aliphatic rings. The zero-order valence-electron chi connectivity index (χ0n) is 6.70. The third-order valence-electron chi connectivity index (χ3n) is 0.912. The monoisotopic (exact) mass is 191 g/mol. The number of hydrogen-bond acceptors (Lipinski definition) is 4. The Morgan fingerprint density at radius 1 is 1.67 bits per heavy atom. The molecule has 0 radical (unpaired) electrons. The molecule has 1 N–H and O–H groups in total. The largest absolute Gasteiger partial charge is 0.463 e. The van der Waals surface area contributed by atoms with Gasteiger partial charge in [0.25, 0.3) is 8.61 Å². The van der Waals surface area contributed by atoms with Crippen molar-refractivity contribution in [3.63, 3.8) is 0 Å². The van der Waals surface area contributed by atoms with Crippen LogP contribution >= 0.6 is 8.61 Å². The van der Waals surface area contributed by atoms with Crippen molar-refractivity contribution in [3.8, 4) is 0 Å². The first-order valence-electron chi connectivity index (χ1n) is 3.26. The molecule has 0 unspecified atom stereocenters. The van der Waals surface area contributed by atoms with E-state index in [4.69, 9.17) is 0 Å². The molecule has 12 heavy (non-hydrogen) atoms. The van der Waals surface area contributed by atoms with E-state index in [1.165, 1.54) is 0 Å². The number of rotatable bonds is 6. The van der Waals surface area contributed by atoms with Crippen LogP contribution in [-0.4, -0.2) is 19.2 Å². The molecule has 0 aromatic carbocycles. The lowest BCUT2D eigenvalue weighted by Crippen LogP contribution is -2.14. The van der Waals surface area contributed by atoms with Crippen molar-refractivity contribution in [2.24, 2.45) is 0 Å². The van der Waals surface area contributed by atoms with Gasteiger partial charge in [-0.3, -0.25) is 9.40 Å². The van der Waals surface area contributed by atoms with Gasteiger partial charge in [-0.05, 0) is 6.92 Å². The fraction of sp³-hybridized carbons (Fsp3) is 0.500. The number of carbonyl (C=O) groups is 1. The van der Waals surface area contributed by atoms with Crippen LogP contribution in [0, 0.1) is 0 Å². The third kappa shape index (κ3) is 4.96. The molecule has 0 aromatic rings. The first-order valence-corrected chi connectivity index (χ1v) is 4.07. The molecule has 0 spiro atoms. The van der Waals surface area contributed by atoms with Crippen molar-refractivity contribution in [1.82, 2.24) is 5.25 Å². The van der Waals surface area contributed by atoms with Gasteiger partial charge in [0.2, 0.25) is 0 Å². The summed E-state index contributed by atoms with van der Waals surface area (Å²) in [6.07, 6.45) is 0. The summed E-state index contributed by atoms with van der Waals surface area (Å²) in [5.41, 5.74) is 0.174. The minimum absolute atomic E-state index is 0.0475. The van der Waals surface area contributed by atoms with Crippen LogP contribution in [0.15, 0.2) is 12.2 Å². The standard InChI is InChI=1S/C6H10NO4P/c1-3-10-6(8)5(2)4-11-7-12-9/h2-4H2,1H3,(H,7,9). The summed E-state index contributed by atoms with van der Waals surface area (Å²) < 4.78 is 14.4. The Kier molecular flexibility index (Phi) is 6.47. The lowest BCUT2D eigenvalue weighted by atomic mass is 10.3. The first kappa shape index (κ1) is 11.2. The molecular weight excluding hydrogens is 181 g/mol. The first-order chi connectivity index (χ1) is 5.72. The summed E-state index contributed by atoms with van der Waals surface area (Å²) in [6, 6.07) is 0. The molecule has 0 fully saturated rings. The van der Waals surface area contributed by atoms with Crippen molar-refractivity contribution in [2.45, 2.75) is 6.92 Å². The average molecular weight is 191 g/mol. The van der Waals surface area contributed by atoms with E-state index in [9.17, 15) is 9.36 Å². The molecule has 0 rings (SSSR count). The van der Waals surface area contributed by atoms with Crippen LogP contribution in [0.25, 0.3) is 0 Å². The second kappa shape index (κ2) is 6.91. The summed E-state index contributed by atoms with van der Waals surface area (Å²) in [5.74, 6) is -0.512. The third-order valence-corrected chi connectivity index (χ3v) is 1.12. The summed E-state index contributed by atoms with van der Waals surface area (Å²) >= 11 is 0. The highest BCUT2D eigenvalue weighted by molar-refractivity contribution is 7.20. The van der Waals surface area contributed by atoms with E-state index in [1.54, 1.807) is 6.92 Å². The van der Waals surface area contributed by atoms with Gasteiger partial charge in [-0.1, -0.05) is 6.58 Å². The van der Waals surface area contributed by atoms with Gasteiger partial charge in [-0.25, -0.2) is 4.79 Å². The summed E-state index contributed by atoms with van der Waals surface area (Å²) in [4.78, 5) is 15.4. The van der Waals surface area contributed by atoms with Crippen LogP contribution in [-0.2, 0) is 18.9 Å². The van der Waals surface area contributed by atoms with Gasteiger partial charge in [0.15, 0.2) is 0 Å². The van der Waals surface area contributed by atoms with Crippen LogP contribution in [0.3, 0.4) is 0 Å². The molecule has 6 heteroatoms. The average Bonchev–Trinajstić information content (AvgIpc) is 2.05. The Morgan fingerprint density at radius 2 is 2.33 bits per heavy atom. The van der Waals surface area contributed by atoms with Crippen LogP contribution in [0.2, 0.25) is 0 Å². The highest BCUT2D eigenvalue weighted by Crippen LogP contribution is 1.95. The van der Waals surface area contributed by atoms with Gasteiger partial charge in [-0.2, -0.15) is 0 Å². The Bertz CT molecular complexity index is 182. The maximum Gasteiger partial charge on any atom is 0.335 e. The Hall–Kier alpha value is -0.770. The Balaban J connectivity index is 3.57. The smallest absolute Gasteiger partial charge is 0.335 e. The molecule has 5 nitrogen and oxygen atoms in total. The van der Waals surface area contributed by atoms with Crippen LogP contribution < -0.4 is 5.25 Å². The Labute approximate surface area is 71.9 Å². The number of carbonyl (C=O) groups excluding carboxylic acids is 1. The summed E-state index contributed by atoms with van der Waals surface area (Å²) in [5, 5.41) is 2.02. The highest BCUT2D eigenvalue weighted by atomic mass is 31.1. The zero-order chi connectivity index (χ0) is 9.40. The van der Waals surface area contributed by atoms with E-state index in [2.05, 4.69) is 16.2 Å². The van der Waals surface area contributed by atoms with Gasteiger partial charge in [0, 0.05) is 0 Å². The second-order valence-electron chi connectivity index (χ2n) is 1.80. The number of nitrogens with one attached hydrogen (secondary N) is 1. The topological polar surface area (TPSA) is 64.6 Å². The van der Waals surface area contributed by atoms with Crippen molar-refractivity contribution >= 4 is 14.6 Å². The van der Waals surface area contributed by atoms with Crippen LogP contribution in [0.5, 0.6) is 0 Å². The van der Waals surface area contributed by atoms with E-state index in [-0.39, 0.29) is 20.8 Å². The number of hydrogen-bond donors (Lipinski definition) is 1. The van der Waals surface area contributed by atoms with Gasteiger partial charge >= 0.3 is 5.97 Å². The lowest BCUT2D eigenvalue weighted by Gasteiger charge is -2.03. The zero-order valence-corrected chi connectivity index (χ0v) is 7.60. The summed E-state index contributed by atoms with van der Waals surface area (Å²) in [6.45, 7) is 5.34. The number of ether oxygens (including phenoxy) is 1. The molecule has 0 aliphatic carbocycles. The van der Waals surface area contributed by atoms with E-state index < -0.39 is 5.97 Å². The second-order valence-corrected chi connectivity index (χ2v) is 2.16. The van der Waals surface area contributed by atoms with Gasteiger partial charge in [0.05, 0.1) is 12.2 Å². The highest BCUT2D eigenvalue weighted by Gasteiger charge is 2.06. The maximum absolute atomic E-state index is 10.8. The molecule has 0 saturated carbocycles. The molecule has 0 bridgehead atoms. The summed E-state index contributed by atoms with van der Waals surface area (Å²) in [7, 11) is -0.355. The molecule has 0 aromatic heterocycles. The minimum atomic E-state index is -0.512. The predicted octanol–water partition coefficient (Wildman–Crippen LogP) is 0.834. The quantitative estimate of drug-likeness (QED) is 0.221. The van der Waals surface area contributed by atoms with Gasteiger partial charge in [0.1, 0.15) is 6.61 Å². The molecule has 68 valence electrons. The van der Waals surface area contributed by atoms with Crippen molar-refractivity contribution in [1.29, 1.82) is 0 Å². The Morgan fingerprint density at radius 3 is 2.83 bits per heavy atom. The van der Waals surface area contributed by atoms with Crippen LogP contribution in [0.1, 0.15) is 6.92 Å². The lowest BCUT2D eigenvalue weighted by molar-refractivity contribution is -0.139. The fourth-order valence-corrected chi connectivity index (χ4v) is 0.555. The van der Waals surface area contributed by atoms with Crippen LogP contribution in [0.4, 0.5) is 0 Å². The molecule has 0 aliphatic heterocycles. The molecule has 0 amide bonds. The van der Waals surface area contributed by atoms with Crippen molar-refractivity contribution < 1.29 is 18.9 Å². The molecule has 0 heterocycles. The minimum Gasteiger partial charge on any atom is -0.463 e. The fourth-order valence-electron chi connectivity index (χ4n) is 0.438. The van der Waals surface area contributed by atoms with E-state index in [0.29, 0.717) is 6.61 Å². The van der Waals surface area contributed by atoms with E-state index >= 15 is 0 Å². The van der Waals surface area contributed by atoms with E-state index in [1.807, 2.05) is 5.25 Å². The normalized spacial score (nSPS) is 9.75. The SMILES string of the molecule is C=C(CONP=O)C(=O)OCC. The maximum atomic E-state index is 10.8. The predicted molar refractivity (Wildman–Crippen MR) is 42.5 cm³/mol. The van der Waals surface area contributed by atoms with Gasteiger partial charge in [-0.15, -0.1) is 5.25 Å². The molecular formula is C6H10NO4P. The van der Waals surface area contributed by atoms with Crippen molar-refractivity contribution in [2.75, 3.05) is 13.2 Å². The molecule has 0 saturated heterocycles.